The Labute approximate surface area is 117 Å². The maximum Gasteiger partial charge on any atom is 0.154 e. The molecule has 0 aliphatic carbocycles. The number of nitrogen functional groups attached to an aromatic ring is 1. The van der Waals surface area contributed by atoms with Crippen LogP contribution in [0, 0.1) is 6.92 Å². The van der Waals surface area contributed by atoms with Crippen molar-refractivity contribution in [1.82, 2.24) is 9.78 Å². The molecular formula is C16H17N3O. The van der Waals surface area contributed by atoms with Crippen molar-refractivity contribution in [2.75, 3.05) is 5.73 Å². The summed E-state index contributed by atoms with van der Waals surface area (Å²) in [4.78, 5) is 0. The quantitative estimate of drug-likeness (QED) is 0.789. The van der Waals surface area contributed by atoms with Crippen LogP contribution in [-0.4, -0.2) is 9.78 Å². The first-order valence-corrected chi connectivity index (χ1v) is 6.70. The van der Waals surface area contributed by atoms with Gasteiger partial charge in [0.15, 0.2) is 5.76 Å². The number of hydrogen-bond acceptors (Lipinski definition) is 3. The first-order valence-electron chi connectivity index (χ1n) is 6.70. The summed E-state index contributed by atoms with van der Waals surface area (Å²) in [5, 5.41) is 4.60. The molecule has 0 spiro atoms. The number of hydrogen-bond donors (Lipinski definition) is 1. The van der Waals surface area contributed by atoms with Crippen molar-refractivity contribution in [1.29, 1.82) is 0 Å². The van der Waals surface area contributed by atoms with E-state index < -0.39 is 0 Å². The molecule has 0 radical (unpaired) electrons. The van der Waals surface area contributed by atoms with E-state index in [1.165, 1.54) is 0 Å². The minimum Gasteiger partial charge on any atom is -0.459 e. The fourth-order valence-corrected chi connectivity index (χ4v) is 2.20. The number of benzene rings is 1. The van der Waals surface area contributed by atoms with Crippen LogP contribution in [-0.2, 0) is 6.42 Å². The molecule has 2 N–H and O–H groups in total. The van der Waals surface area contributed by atoms with Gasteiger partial charge in [-0.2, -0.15) is 5.10 Å². The topological polar surface area (TPSA) is 57.0 Å². The van der Waals surface area contributed by atoms with Gasteiger partial charge in [0, 0.05) is 12.0 Å². The normalized spacial score (nSPS) is 10.9. The lowest BCUT2D eigenvalue weighted by Gasteiger charge is -2.02. The molecular weight excluding hydrogens is 250 g/mol. The van der Waals surface area contributed by atoms with Crippen LogP contribution in [0.3, 0.4) is 0 Å². The SMILES string of the molecule is CCc1ccc(-c2nn(-c3ccccc3)c(N)c2C)o1. The lowest BCUT2D eigenvalue weighted by Crippen LogP contribution is -2.01. The van der Waals surface area contributed by atoms with Crippen LogP contribution in [0.1, 0.15) is 18.2 Å². The molecule has 0 aliphatic heterocycles. The molecule has 0 aliphatic rings. The smallest absolute Gasteiger partial charge is 0.154 e. The van der Waals surface area contributed by atoms with E-state index in [4.69, 9.17) is 10.2 Å². The van der Waals surface area contributed by atoms with Crippen molar-refractivity contribution in [2.24, 2.45) is 0 Å². The van der Waals surface area contributed by atoms with Gasteiger partial charge in [-0.1, -0.05) is 25.1 Å². The van der Waals surface area contributed by atoms with Crippen LogP contribution in [0.2, 0.25) is 0 Å². The van der Waals surface area contributed by atoms with Crippen molar-refractivity contribution in [2.45, 2.75) is 20.3 Å². The lowest BCUT2D eigenvalue weighted by molar-refractivity contribution is 0.526. The van der Waals surface area contributed by atoms with Crippen LogP contribution < -0.4 is 5.73 Å². The highest BCUT2D eigenvalue weighted by molar-refractivity contribution is 5.65. The Bertz CT molecular complexity index is 726. The van der Waals surface area contributed by atoms with Crippen molar-refractivity contribution in [3.05, 3.63) is 53.8 Å². The van der Waals surface area contributed by atoms with Crippen molar-refractivity contribution < 1.29 is 4.42 Å². The fraction of sp³-hybridized carbons (Fsp3) is 0.188. The molecule has 0 atom stereocenters. The van der Waals surface area contributed by atoms with Gasteiger partial charge >= 0.3 is 0 Å². The van der Waals surface area contributed by atoms with Gasteiger partial charge in [-0.05, 0) is 31.2 Å². The monoisotopic (exact) mass is 267 g/mol. The number of para-hydroxylation sites is 1. The van der Waals surface area contributed by atoms with E-state index in [2.05, 4.69) is 12.0 Å². The first kappa shape index (κ1) is 12.5. The van der Waals surface area contributed by atoms with Gasteiger partial charge in [-0.25, -0.2) is 4.68 Å². The van der Waals surface area contributed by atoms with E-state index in [0.717, 1.165) is 34.9 Å². The van der Waals surface area contributed by atoms with Crippen LogP contribution in [0.25, 0.3) is 17.1 Å². The van der Waals surface area contributed by atoms with Crippen LogP contribution in [0.15, 0.2) is 46.9 Å². The maximum atomic E-state index is 6.17. The van der Waals surface area contributed by atoms with Crippen molar-refractivity contribution in [3.8, 4) is 17.1 Å². The Balaban J connectivity index is 2.10. The lowest BCUT2D eigenvalue weighted by atomic mass is 10.2. The number of nitrogens with two attached hydrogens (primary N) is 1. The van der Waals surface area contributed by atoms with Gasteiger partial charge in [0.1, 0.15) is 17.3 Å². The summed E-state index contributed by atoms with van der Waals surface area (Å²) in [6.45, 7) is 4.03. The Morgan fingerprint density at radius 2 is 1.90 bits per heavy atom. The van der Waals surface area contributed by atoms with E-state index in [1.807, 2.05) is 49.4 Å². The van der Waals surface area contributed by atoms with Gasteiger partial charge in [0.05, 0.1) is 5.69 Å². The Morgan fingerprint density at radius 3 is 2.55 bits per heavy atom. The minimum absolute atomic E-state index is 0.639. The summed E-state index contributed by atoms with van der Waals surface area (Å²) in [6.07, 6.45) is 0.869. The molecule has 2 heterocycles. The van der Waals surface area contributed by atoms with Gasteiger partial charge in [0.25, 0.3) is 0 Å². The molecule has 0 amide bonds. The zero-order valence-corrected chi connectivity index (χ0v) is 11.6. The third-order valence-electron chi connectivity index (χ3n) is 3.41. The van der Waals surface area contributed by atoms with Crippen LogP contribution >= 0.6 is 0 Å². The van der Waals surface area contributed by atoms with Crippen LogP contribution in [0.5, 0.6) is 0 Å². The number of rotatable bonds is 3. The van der Waals surface area contributed by atoms with Crippen LogP contribution in [0.4, 0.5) is 5.82 Å². The molecule has 0 bridgehead atoms. The molecule has 102 valence electrons. The average molecular weight is 267 g/mol. The fourth-order valence-electron chi connectivity index (χ4n) is 2.20. The Hall–Kier alpha value is -2.49. The molecule has 0 saturated carbocycles. The van der Waals surface area contributed by atoms with E-state index >= 15 is 0 Å². The molecule has 0 fully saturated rings. The summed E-state index contributed by atoms with van der Waals surface area (Å²) in [7, 11) is 0. The highest BCUT2D eigenvalue weighted by atomic mass is 16.3. The molecule has 3 rings (SSSR count). The van der Waals surface area contributed by atoms with Crippen molar-refractivity contribution in [3.63, 3.8) is 0 Å². The number of anilines is 1. The summed E-state index contributed by atoms with van der Waals surface area (Å²) >= 11 is 0. The van der Waals surface area contributed by atoms with E-state index in [1.54, 1.807) is 4.68 Å². The number of aromatic nitrogens is 2. The number of nitrogens with zero attached hydrogens (tertiary/aromatic N) is 2. The van der Waals surface area contributed by atoms with E-state index in [-0.39, 0.29) is 0 Å². The zero-order valence-electron chi connectivity index (χ0n) is 11.6. The largest absolute Gasteiger partial charge is 0.459 e. The summed E-state index contributed by atoms with van der Waals surface area (Å²) < 4.78 is 7.52. The van der Waals surface area contributed by atoms with E-state index in [9.17, 15) is 0 Å². The predicted molar refractivity (Wildman–Crippen MR) is 79.8 cm³/mol. The average Bonchev–Trinajstić information content (AvgIpc) is 3.06. The molecule has 4 heteroatoms. The predicted octanol–water partition coefficient (Wildman–Crippen LogP) is 3.59. The zero-order chi connectivity index (χ0) is 14.1. The van der Waals surface area contributed by atoms with Gasteiger partial charge in [0.2, 0.25) is 0 Å². The second-order valence-electron chi connectivity index (χ2n) is 4.73. The summed E-state index contributed by atoms with van der Waals surface area (Å²) in [6, 6.07) is 13.8. The standard InChI is InChI=1S/C16H17N3O/c1-3-13-9-10-14(20-13)15-11(2)16(17)19(18-15)12-7-5-4-6-8-12/h4-10H,3,17H2,1-2H3. The maximum absolute atomic E-state index is 6.17. The second kappa shape index (κ2) is 4.89. The van der Waals surface area contributed by atoms with E-state index in [0.29, 0.717) is 5.82 Å². The highest BCUT2D eigenvalue weighted by Crippen LogP contribution is 2.29. The molecule has 0 unspecified atom stereocenters. The van der Waals surface area contributed by atoms with Gasteiger partial charge in [-0.15, -0.1) is 0 Å². The summed E-state index contributed by atoms with van der Waals surface area (Å²) in [5.41, 5.74) is 8.85. The molecule has 4 nitrogen and oxygen atoms in total. The Morgan fingerprint density at radius 1 is 1.15 bits per heavy atom. The van der Waals surface area contributed by atoms with Gasteiger partial charge in [-0.3, -0.25) is 0 Å². The molecule has 20 heavy (non-hydrogen) atoms. The third kappa shape index (κ3) is 1.99. The molecule has 2 aromatic heterocycles. The molecule has 3 aromatic rings. The Kier molecular flexibility index (Phi) is 3.06. The highest BCUT2D eigenvalue weighted by Gasteiger charge is 2.17. The second-order valence-corrected chi connectivity index (χ2v) is 4.73. The van der Waals surface area contributed by atoms with Gasteiger partial charge < -0.3 is 10.2 Å². The summed E-state index contributed by atoms with van der Waals surface area (Å²) in [5.74, 6) is 2.36. The first-order chi connectivity index (χ1) is 9.70. The molecule has 1 aromatic carbocycles. The minimum atomic E-state index is 0.639. The third-order valence-corrected chi connectivity index (χ3v) is 3.41. The number of furan rings is 1. The number of aryl methyl sites for hydroxylation is 1. The molecule has 0 saturated heterocycles. The van der Waals surface area contributed by atoms with Crippen molar-refractivity contribution >= 4 is 5.82 Å².